The molecule has 5 aliphatic rings. The van der Waals surface area contributed by atoms with Gasteiger partial charge < -0.3 is 25.0 Å². The Labute approximate surface area is 261 Å². The standard InChI is InChI=1S/C35H36ClN3O5/c1-3-10-44-25-8-9-28-26(14-25)27-15-29(33(42)43)39(30(40)19-36)34(2,31(27)37-28)24-6-4-23(5-7-24)32(41)38-35-16-20-11-21(17-35)13-22(12-20)18-35/h1,4-9,14,20-22,29,37H,10-13,15-19H2,2H3,(H,38,41)(H,42,43)/t20?,21?,22?,29-,34+,35?/m1/s1. The summed E-state index contributed by atoms with van der Waals surface area (Å²) in [4.78, 5) is 44.5. The molecule has 4 fully saturated rings. The number of terminal acetylenes is 1. The molecule has 4 saturated carbocycles. The molecule has 2 aromatic carbocycles. The predicted octanol–water partition coefficient (Wildman–Crippen LogP) is 5.22. The van der Waals surface area contributed by atoms with E-state index >= 15 is 0 Å². The van der Waals surface area contributed by atoms with Crippen LogP contribution in [0.5, 0.6) is 5.75 Å². The van der Waals surface area contributed by atoms with Crippen molar-refractivity contribution in [3.05, 3.63) is 64.8 Å². The number of carbonyl (C=O) groups excluding carboxylic acids is 2. The lowest BCUT2D eigenvalue weighted by atomic mass is 9.53. The van der Waals surface area contributed by atoms with Crippen molar-refractivity contribution in [1.29, 1.82) is 0 Å². The fraction of sp³-hybridized carbons (Fsp3) is 0.457. The molecule has 0 radical (unpaired) electrons. The zero-order chi connectivity index (χ0) is 30.8. The van der Waals surface area contributed by atoms with E-state index in [1.165, 1.54) is 24.2 Å². The second-order valence-electron chi connectivity index (χ2n) is 13.4. The zero-order valence-electron chi connectivity index (χ0n) is 24.7. The van der Waals surface area contributed by atoms with Crippen LogP contribution >= 0.6 is 11.6 Å². The van der Waals surface area contributed by atoms with Crippen molar-refractivity contribution in [2.45, 2.75) is 69.0 Å². The zero-order valence-corrected chi connectivity index (χ0v) is 25.5. The van der Waals surface area contributed by atoms with Gasteiger partial charge in [-0.2, -0.15) is 0 Å². The molecule has 4 aliphatic carbocycles. The minimum atomic E-state index is -1.21. The third kappa shape index (κ3) is 4.56. The molecule has 1 aromatic heterocycles. The molecule has 0 saturated heterocycles. The summed E-state index contributed by atoms with van der Waals surface area (Å²) < 4.78 is 5.65. The Hall–Kier alpha value is -3.96. The topological polar surface area (TPSA) is 112 Å². The number of amides is 2. The highest BCUT2D eigenvalue weighted by Crippen LogP contribution is 2.55. The van der Waals surface area contributed by atoms with Gasteiger partial charge in [0, 0.05) is 34.1 Å². The molecule has 4 bridgehead atoms. The van der Waals surface area contributed by atoms with Crippen molar-refractivity contribution in [3.8, 4) is 18.1 Å². The smallest absolute Gasteiger partial charge is 0.326 e. The Kier molecular flexibility index (Phi) is 6.93. The lowest BCUT2D eigenvalue weighted by Gasteiger charge is -2.56. The average molecular weight is 614 g/mol. The van der Waals surface area contributed by atoms with Crippen LogP contribution < -0.4 is 10.1 Å². The van der Waals surface area contributed by atoms with Crippen LogP contribution in [0.2, 0.25) is 0 Å². The Morgan fingerprint density at radius 2 is 1.75 bits per heavy atom. The Morgan fingerprint density at radius 3 is 2.34 bits per heavy atom. The number of fused-ring (bicyclic) bond motifs is 3. The van der Waals surface area contributed by atoms with E-state index in [0.717, 1.165) is 35.7 Å². The third-order valence-electron chi connectivity index (χ3n) is 10.7. The molecular weight excluding hydrogens is 578 g/mol. The summed E-state index contributed by atoms with van der Waals surface area (Å²) in [7, 11) is 0. The fourth-order valence-corrected chi connectivity index (χ4v) is 9.41. The molecule has 2 atom stereocenters. The molecule has 44 heavy (non-hydrogen) atoms. The van der Waals surface area contributed by atoms with Crippen molar-refractivity contribution < 1.29 is 24.2 Å². The van der Waals surface area contributed by atoms with E-state index in [1.54, 1.807) is 18.2 Å². The number of aromatic nitrogens is 1. The Balaban J connectivity index is 1.27. The second kappa shape index (κ2) is 10.6. The molecule has 8 rings (SSSR count). The van der Waals surface area contributed by atoms with Crippen LogP contribution in [-0.4, -0.2) is 56.8 Å². The number of aromatic amines is 1. The maximum absolute atomic E-state index is 13.6. The second-order valence-corrected chi connectivity index (χ2v) is 13.7. The normalized spacial score (nSPS) is 30.1. The van der Waals surface area contributed by atoms with E-state index in [0.29, 0.717) is 40.3 Å². The van der Waals surface area contributed by atoms with Crippen molar-refractivity contribution >= 4 is 40.3 Å². The van der Waals surface area contributed by atoms with E-state index in [4.69, 9.17) is 22.8 Å². The minimum Gasteiger partial charge on any atom is -0.481 e. The van der Waals surface area contributed by atoms with Gasteiger partial charge in [0.25, 0.3) is 5.91 Å². The Morgan fingerprint density at radius 1 is 1.09 bits per heavy atom. The summed E-state index contributed by atoms with van der Waals surface area (Å²) in [6.45, 7) is 1.94. The van der Waals surface area contributed by atoms with E-state index in [2.05, 4.69) is 16.2 Å². The lowest BCUT2D eigenvalue weighted by molar-refractivity contribution is -0.155. The van der Waals surface area contributed by atoms with Crippen LogP contribution in [0.15, 0.2) is 42.5 Å². The van der Waals surface area contributed by atoms with Gasteiger partial charge in [0.2, 0.25) is 5.91 Å². The number of carboxylic acid groups (broad SMARTS) is 1. The molecule has 0 unspecified atom stereocenters. The first-order valence-electron chi connectivity index (χ1n) is 15.4. The van der Waals surface area contributed by atoms with Crippen LogP contribution in [0.1, 0.15) is 72.6 Å². The molecule has 8 nitrogen and oxygen atoms in total. The quantitative estimate of drug-likeness (QED) is 0.250. The number of carboxylic acids is 1. The van der Waals surface area contributed by atoms with Gasteiger partial charge in [-0.15, -0.1) is 18.0 Å². The summed E-state index contributed by atoms with van der Waals surface area (Å²) in [5.74, 6) is 3.10. The highest BCUT2D eigenvalue weighted by Gasteiger charge is 2.53. The van der Waals surface area contributed by atoms with E-state index in [1.807, 2.05) is 31.2 Å². The van der Waals surface area contributed by atoms with E-state index < -0.39 is 23.5 Å². The summed E-state index contributed by atoms with van der Waals surface area (Å²) >= 11 is 6.08. The van der Waals surface area contributed by atoms with Gasteiger partial charge >= 0.3 is 5.97 Å². The van der Waals surface area contributed by atoms with Crippen LogP contribution in [0, 0.1) is 30.1 Å². The largest absolute Gasteiger partial charge is 0.481 e. The molecule has 0 spiro atoms. The number of nitrogens with one attached hydrogen (secondary N) is 2. The van der Waals surface area contributed by atoms with Crippen molar-refractivity contribution in [3.63, 3.8) is 0 Å². The van der Waals surface area contributed by atoms with Crippen molar-refractivity contribution in [2.75, 3.05) is 12.5 Å². The molecule has 3 N–H and O–H groups in total. The van der Waals surface area contributed by atoms with Crippen LogP contribution in [0.3, 0.4) is 0 Å². The van der Waals surface area contributed by atoms with Crippen LogP contribution in [-0.2, 0) is 21.5 Å². The highest BCUT2D eigenvalue weighted by atomic mass is 35.5. The molecular formula is C35H36ClN3O5. The maximum Gasteiger partial charge on any atom is 0.326 e. The molecule has 2 heterocycles. The van der Waals surface area contributed by atoms with Gasteiger partial charge in [0.05, 0.1) is 0 Å². The lowest BCUT2D eigenvalue weighted by Crippen LogP contribution is -2.60. The molecule has 3 aromatic rings. The van der Waals surface area contributed by atoms with Crippen LogP contribution in [0.4, 0.5) is 0 Å². The molecule has 2 amide bonds. The fourth-order valence-electron chi connectivity index (χ4n) is 9.28. The highest BCUT2D eigenvalue weighted by molar-refractivity contribution is 6.27. The van der Waals surface area contributed by atoms with Gasteiger partial charge in [-0.3, -0.25) is 9.59 Å². The summed E-state index contributed by atoms with van der Waals surface area (Å²) in [6, 6.07) is 11.5. The predicted molar refractivity (Wildman–Crippen MR) is 167 cm³/mol. The Bertz CT molecular complexity index is 1670. The number of rotatable bonds is 7. The summed E-state index contributed by atoms with van der Waals surface area (Å²) in [6.07, 6.45) is 12.5. The van der Waals surface area contributed by atoms with E-state index in [9.17, 15) is 19.5 Å². The number of H-pyrrole nitrogens is 1. The number of aliphatic carboxylic acids is 1. The maximum atomic E-state index is 13.6. The number of hydrogen-bond donors (Lipinski definition) is 3. The van der Waals surface area contributed by atoms with E-state index in [-0.39, 0.29) is 30.4 Å². The molecule has 1 aliphatic heterocycles. The number of ether oxygens (including phenoxy) is 1. The molecule has 9 heteroatoms. The van der Waals surface area contributed by atoms with Gasteiger partial charge in [0.1, 0.15) is 29.8 Å². The van der Waals surface area contributed by atoms with Gasteiger partial charge in [-0.05, 0) is 105 Å². The number of alkyl halides is 1. The first-order valence-corrected chi connectivity index (χ1v) is 15.9. The minimum absolute atomic E-state index is 0.0878. The average Bonchev–Trinajstić information content (AvgIpc) is 3.37. The monoisotopic (exact) mass is 613 g/mol. The van der Waals surface area contributed by atoms with Gasteiger partial charge in [-0.1, -0.05) is 18.1 Å². The SMILES string of the molecule is C#CCOc1ccc2[nH]c3c(c2c1)C[C@H](C(=O)O)N(C(=O)CCl)[C@@]3(C)c1ccc(C(=O)NC23CC4CC(CC(C4)C2)C3)cc1. The molecule has 228 valence electrons. The number of hydrogen-bond acceptors (Lipinski definition) is 4. The summed E-state index contributed by atoms with van der Waals surface area (Å²) in [5, 5.41) is 14.6. The number of halogens is 1. The van der Waals surface area contributed by atoms with Gasteiger partial charge in [0.15, 0.2) is 0 Å². The first kappa shape index (κ1) is 28.8. The van der Waals surface area contributed by atoms with Crippen molar-refractivity contribution in [1.82, 2.24) is 15.2 Å². The summed E-state index contributed by atoms with van der Waals surface area (Å²) in [5.41, 5.74) is 2.15. The number of benzene rings is 2. The first-order chi connectivity index (χ1) is 21.1. The number of carbonyl (C=O) groups is 3. The van der Waals surface area contributed by atoms with Gasteiger partial charge in [-0.25, -0.2) is 4.79 Å². The number of nitrogens with zero attached hydrogens (tertiary/aromatic N) is 1. The third-order valence-corrected chi connectivity index (χ3v) is 10.9. The van der Waals surface area contributed by atoms with Crippen molar-refractivity contribution in [2.24, 2.45) is 17.8 Å². The van der Waals surface area contributed by atoms with Crippen LogP contribution in [0.25, 0.3) is 10.9 Å².